The van der Waals surface area contributed by atoms with Crippen LogP contribution in [0.5, 0.6) is 0 Å². The first-order chi connectivity index (χ1) is 8.85. The molecule has 1 heterocycles. The lowest BCUT2D eigenvalue weighted by Crippen LogP contribution is -2.36. The van der Waals surface area contributed by atoms with E-state index < -0.39 is 25.0 Å². The van der Waals surface area contributed by atoms with Crippen molar-refractivity contribution in [2.45, 2.75) is 38.2 Å². The quantitative estimate of drug-likeness (QED) is 0.749. The third-order valence-corrected chi connectivity index (χ3v) is 3.73. The maximum absolute atomic E-state index is 12.6. The normalized spacial score (nSPS) is 14.1. The van der Waals surface area contributed by atoms with Crippen LogP contribution in [0, 0.1) is 0 Å². The second-order valence-corrected chi connectivity index (χ2v) is 5.52. The summed E-state index contributed by atoms with van der Waals surface area (Å²) in [5.41, 5.74) is 5.71. The van der Waals surface area contributed by atoms with Gasteiger partial charge in [-0.1, -0.05) is 6.92 Å². The predicted molar refractivity (Wildman–Crippen MR) is 67.1 cm³/mol. The van der Waals surface area contributed by atoms with Gasteiger partial charge in [-0.05, 0) is 25.0 Å². The Hall–Kier alpha value is -0.660. The molecule has 1 aromatic heterocycles. The summed E-state index contributed by atoms with van der Waals surface area (Å²) < 4.78 is 53.4. The third kappa shape index (κ3) is 5.46. The minimum atomic E-state index is -4.11. The Bertz CT molecular complexity index is 384. The van der Waals surface area contributed by atoms with Gasteiger partial charge in [0.05, 0.1) is 6.61 Å². The number of halogens is 4. The van der Waals surface area contributed by atoms with E-state index in [2.05, 4.69) is 4.74 Å². The zero-order valence-electron chi connectivity index (χ0n) is 10.5. The van der Waals surface area contributed by atoms with E-state index in [1.807, 2.05) is 19.1 Å². The Kier molecular flexibility index (Phi) is 6.22. The average Bonchev–Trinajstić information content (AvgIpc) is 2.76. The van der Waals surface area contributed by atoms with Gasteiger partial charge in [0.25, 0.3) is 0 Å². The molecule has 0 aromatic carbocycles. The van der Waals surface area contributed by atoms with E-state index in [0.717, 1.165) is 11.3 Å². The highest BCUT2D eigenvalue weighted by Gasteiger charge is 2.41. The molecule has 0 bridgehead atoms. The summed E-state index contributed by atoms with van der Waals surface area (Å²) >= 11 is 1.60. The summed E-state index contributed by atoms with van der Waals surface area (Å²) in [5, 5.41) is 0. The van der Waals surface area contributed by atoms with Crippen LogP contribution in [0.1, 0.15) is 16.7 Å². The molecule has 0 aliphatic carbocycles. The van der Waals surface area contributed by atoms with E-state index in [9.17, 15) is 17.6 Å². The molecule has 19 heavy (non-hydrogen) atoms. The molecule has 1 atom stereocenters. The largest absolute Gasteiger partial charge is 0.373 e. The Morgan fingerprint density at radius 2 is 1.95 bits per heavy atom. The molecule has 2 nitrogen and oxygen atoms in total. The van der Waals surface area contributed by atoms with Crippen LogP contribution in [-0.2, 0) is 17.6 Å². The van der Waals surface area contributed by atoms with E-state index in [0.29, 0.717) is 6.42 Å². The van der Waals surface area contributed by atoms with Crippen LogP contribution in [0.25, 0.3) is 0 Å². The number of rotatable bonds is 8. The van der Waals surface area contributed by atoms with Crippen LogP contribution >= 0.6 is 11.3 Å². The molecule has 0 radical (unpaired) electrons. The molecule has 0 saturated heterocycles. The minimum absolute atomic E-state index is 0.165. The van der Waals surface area contributed by atoms with E-state index >= 15 is 0 Å². The monoisotopic (exact) mass is 299 g/mol. The van der Waals surface area contributed by atoms with Gasteiger partial charge in [0.2, 0.25) is 0 Å². The molecular weight excluding hydrogens is 282 g/mol. The van der Waals surface area contributed by atoms with Crippen LogP contribution in [0.3, 0.4) is 0 Å². The Labute approximate surface area is 113 Å². The number of hydrogen-bond acceptors (Lipinski definition) is 3. The van der Waals surface area contributed by atoms with Gasteiger partial charge >= 0.3 is 12.3 Å². The average molecular weight is 299 g/mol. The van der Waals surface area contributed by atoms with Crippen molar-refractivity contribution in [2.75, 3.05) is 13.2 Å². The highest BCUT2D eigenvalue weighted by atomic mass is 32.1. The fraction of sp³-hybridized carbons (Fsp3) is 0.667. The zero-order chi connectivity index (χ0) is 14.5. The molecule has 0 saturated carbocycles. The summed E-state index contributed by atoms with van der Waals surface area (Å²) in [6, 6.07) is 3.44. The van der Waals surface area contributed by atoms with Gasteiger partial charge in [0.1, 0.15) is 6.61 Å². The predicted octanol–water partition coefficient (Wildman–Crippen LogP) is 3.10. The summed E-state index contributed by atoms with van der Waals surface area (Å²) in [5.74, 6) is -4.11. The highest BCUT2D eigenvalue weighted by molar-refractivity contribution is 7.11. The molecule has 0 fully saturated rings. The fourth-order valence-corrected chi connectivity index (χ4v) is 2.50. The lowest BCUT2D eigenvalue weighted by molar-refractivity contribution is -0.166. The number of nitrogens with two attached hydrogens (primary N) is 1. The van der Waals surface area contributed by atoms with Gasteiger partial charge in [-0.15, -0.1) is 11.3 Å². The van der Waals surface area contributed by atoms with E-state index in [-0.39, 0.29) is 6.61 Å². The lowest BCUT2D eigenvalue weighted by Gasteiger charge is -2.17. The molecule has 1 rings (SSSR count). The van der Waals surface area contributed by atoms with E-state index in [4.69, 9.17) is 5.73 Å². The summed E-state index contributed by atoms with van der Waals surface area (Å²) in [6.07, 6.45) is -2.30. The molecular formula is C12H17F4NOS. The van der Waals surface area contributed by atoms with Crippen molar-refractivity contribution >= 4 is 11.3 Å². The number of alkyl halides is 4. The number of thiophene rings is 1. The number of aryl methyl sites for hydroxylation is 1. The first-order valence-corrected chi connectivity index (χ1v) is 6.73. The summed E-state index contributed by atoms with van der Waals surface area (Å²) in [6.45, 7) is 0.565. The van der Waals surface area contributed by atoms with Crippen molar-refractivity contribution in [2.24, 2.45) is 5.73 Å². The van der Waals surface area contributed by atoms with Crippen molar-refractivity contribution < 1.29 is 22.3 Å². The van der Waals surface area contributed by atoms with Crippen LogP contribution in [0.4, 0.5) is 17.6 Å². The number of hydrogen-bond donors (Lipinski definition) is 1. The van der Waals surface area contributed by atoms with Crippen molar-refractivity contribution in [1.82, 2.24) is 0 Å². The molecule has 1 unspecified atom stereocenters. The van der Waals surface area contributed by atoms with Crippen LogP contribution in [0.2, 0.25) is 0 Å². The van der Waals surface area contributed by atoms with Crippen LogP contribution in [0.15, 0.2) is 12.1 Å². The standard InChI is InChI=1S/C12H17F4NOS/c1-2-9-3-4-10(19-9)5-8(17)6-18-7-12(15,16)11(13)14/h3-4,8,11H,2,5-7,17H2,1H3. The Morgan fingerprint density at radius 1 is 1.32 bits per heavy atom. The Balaban J connectivity index is 2.30. The van der Waals surface area contributed by atoms with Crippen molar-refractivity contribution in [3.05, 3.63) is 21.9 Å². The second kappa shape index (κ2) is 7.21. The molecule has 7 heteroatoms. The smallest absolute Gasteiger partial charge is 0.330 e. The van der Waals surface area contributed by atoms with Gasteiger partial charge < -0.3 is 10.5 Å². The highest BCUT2D eigenvalue weighted by Crippen LogP contribution is 2.23. The molecule has 1 aromatic rings. The van der Waals surface area contributed by atoms with Crippen LogP contribution < -0.4 is 5.73 Å². The maximum Gasteiger partial charge on any atom is 0.330 e. The molecule has 0 aliphatic heterocycles. The third-order valence-electron chi connectivity index (χ3n) is 2.47. The van der Waals surface area contributed by atoms with Gasteiger partial charge in [-0.25, -0.2) is 8.78 Å². The Morgan fingerprint density at radius 3 is 2.47 bits per heavy atom. The van der Waals surface area contributed by atoms with Gasteiger partial charge in [0.15, 0.2) is 0 Å². The summed E-state index contributed by atoms with van der Waals surface area (Å²) in [7, 11) is 0. The van der Waals surface area contributed by atoms with E-state index in [1.54, 1.807) is 11.3 Å². The van der Waals surface area contributed by atoms with Crippen molar-refractivity contribution in [3.8, 4) is 0 Å². The van der Waals surface area contributed by atoms with E-state index in [1.165, 1.54) is 4.88 Å². The van der Waals surface area contributed by atoms with Gasteiger partial charge in [-0.2, -0.15) is 8.78 Å². The van der Waals surface area contributed by atoms with Crippen molar-refractivity contribution in [1.29, 1.82) is 0 Å². The van der Waals surface area contributed by atoms with Gasteiger partial charge in [-0.3, -0.25) is 0 Å². The first-order valence-electron chi connectivity index (χ1n) is 5.92. The zero-order valence-corrected chi connectivity index (χ0v) is 11.4. The van der Waals surface area contributed by atoms with Gasteiger partial charge in [0, 0.05) is 15.8 Å². The molecule has 0 aliphatic rings. The number of ether oxygens (including phenoxy) is 1. The fourth-order valence-electron chi connectivity index (χ4n) is 1.45. The molecule has 0 spiro atoms. The summed E-state index contributed by atoms with van der Waals surface area (Å²) in [4.78, 5) is 2.25. The van der Waals surface area contributed by atoms with Crippen molar-refractivity contribution in [3.63, 3.8) is 0 Å². The van der Waals surface area contributed by atoms with Crippen LogP contribution in [-0.4, -0.2) is 31.6 Å². The topological polar surface area (TPSA) is 35.2 Å². The molecule has 2 N–H and O–H groups in total. The lowest BCUT2D eigenvalue weighted by atomic mass is 10.2. The minimum Gasteiger partial charge on any atom is -0.373 e. The SMILES string of the molecule is CCc1ccc(CC(N)COCC(F)(F)C(F)F)s1. The second-order valence-electron chi connectivity index (χ2n) is 4.26. The first kappa shape index (κ1) is 16.4. The molecule has 0 amide bonds. The molecule has 110 valence electrons. The maximum atomic E-state index is 12.6.